The van der Waals surface area contributed by atoms with Gasteiger partial charge in [-0.2, -0.15) is 0 Å². The highest BCUT2D eigenvalue weighted by Crippen LogP contribution is 2.36. The van der Waals surface area contributed by atoms with Gasteiger partial charge in [0, 0.05) is 30.8 Å². The molecular formula is C18H22N4O2. The second-order valence-electron chi connectivity index (χ2n) is 5.54. The lowest BCUT2D eigenvalue weighted by Crippen LogP contribution is -2.39. The molecular weight excluding hydrogens is 304 g/mol. The van der Waals surface area contributed by atoms with E-state index in [4.69, 9.17) is 4.74 Å². The predicted molar refractivity (Wildman–Crippen MR) is 95.1 cm³/mol. The second-order valence-corrected chi connectivity index (χ2v) is 5.54. The number of carbonyl (C=O) groups excluding carboxylic acids is 1. The van der Waals surface area contributed by atoms with Crippen LogP contribution in [0.2, 0.25) is 0 Å². The molecule has 2 heterocycles. The van der Waals surface area contributed by atoms with Crippen LogP contribution in [0.4, 0.5) is 10.5 Å². The van der Waals surface area contributed by atoms with E-state index >= 15 is 0 Å². The van der Waals surface area contributed by atoms with Gasteiger partial charge in [-0.15, -0.1) is 0 Å². The standard InChI is InChI=1S/C18H22N4O2/c1-3-20-18(23)22(4-2)15-5-6-17-16(10-15)13(7-8-24-17)9-14-11-19-12-21-14/h5-6,9-12H,3-4,7-8H2,1-2H3,(H,19,21)(H,20,23)/b13-9-. The van der Waals surface area contributed by atoms with Crippen LogP contribution in [0.15, 0.2) is 30.7 Å². The molecule has 1 aromatic carbocycles. The summed E-state index contributed by atoms with van der Waals surface area (Å²) in [6, 6.07) is 5.80. The van der Waals surface area contributed by atoms with Gasteiger partial charge in [0.25, 0.3) is 0 Å². The van der Waals surface area contributed by atoms with Gasteiger partial charge in [0.15, 0.2) is 0 Å². The van der Waals surface area contributed by atoms with Crippen LogP contribution in [0.25, 0.3) is 11.6 Å². The van der Waals surface area contributed by atoms with E-state index in [2.05, 4.69) is 21.4 Å². The number of rotatable bonds is 4. The molecule has 2 amide bonds. The van der Waals surface area contributed by atoms with E-state index in [1.807, 2.05) is 32.0 Å². The maximum Gasteiger partial charge on any atom is 0.321 e. The summed E-state index contributed by atoms with van der Waals surface area (Å²) in [7, 11) is 0. The van der Waals surface area contributed by atoms with Gasteiger partial charge >= 0.3 is 6.03 Å². The number of hydrogen-bond donors (Lipinski definition) is 2. The number of fused-ring (bicyclic) bond motifs is 1. The second kappa shape index (κ2) is 7.21. The van der Waals surface area contributed by atoms with Crippen LogP contribution in [0.1, 0.15) is 31.5 Å². The highest BCUT2D eigenvalue weighted by molar-refractivity contribution is 5.93. The summed E-state index contributed by atoms with van der Waals surface area (Å²) >= 11 is 0. The third-order valence-corrected chi connectivity index (χ3v) is 3.99. The number of aromatic nitrogens is 2. The van der Waals surface area contributed by atoms with Crippen molar-refractivity contribution in [2.45, 2.75) is 20.3 Å². The molecule has 2 N–H and O–H groups in total. The average Bonchev–Trinajstić information content (AvgIpc) is 3.09. The van der Waals surface area contributed by atoms with Crippen molar-refractivity contribution >= 4 is 23.4 Å². The molecule has 0 saturated heterocycles. The first-order valence-electron chi connectivity index (χ1n) is 8.24. The Kier molecular flexibility index (Phi) is 4.84. The Bertz CT molecular complexity index is 737. The third kappa shape index (κ3) is 3.27. The van der Waals surface area contributed by atoms with Gasteiger partial charge in [-0.05, 0) is 43.7 Å². The number of ether oxygens (including phenoxy) is 1. The zero-order valence-corrected chi connectivity index (χ0v) is 14.0. The summed E-state index contributed by atoms with van der Waals surface area (Å²) in [5, 5.41) is 2.85. The van der Waals surface area contributed by atoms with Gasteiger partial charge in [0.1, 0.15) is 5.75 Å². The first-order valence-corrected chi connectivity index (χ1v) is 8.24. The molecule has 0 fully saturated rings. The van der Waals surface area contributed by atoms with Crippen molar-refractivity contribution in [3.63, 3.8) is 0 Å². The highest BCUT2D eigenvalue weighted by atomic mass is 16.5. The topological polar surface area (TPSA) is 70.2 Å². The molecule has 0 atom stereocenters. The number of benzene rings is 1. The predicted octanol–water partition coefficient (Wildman–Crippen LogP) is 3.29. The lowest BCUT2D eigenvalue weighted by Gasteiger charge is -2.25. The van der Waals surface area contributed by atoms with Crippen LogP contribution < -0.4 is 15.0 Å². The van der Waals surface area contributed by atoms with Crippen molar-refractivity contribution in [1.29, 1.82) is 0 Å². The number of hydrogen-bond acceptors (Lipinski definition) is 3. The number of H-pyrrole nitrogens is 1. The fourth-order valence-corrected chi connectivity index (χ4v) is 2.84. The lowest BCUT2D eigenvalue weighted by atomic mass is 9.98. The van der Waals surface area contributed by atoms with Crippen molar-refractivity contribution in [2.75, 3.05) is 24.6 Å². The monoisotopic (exact) mass is 326 g/mol. The molecule has 0 spiro atoms. The lowest BCUT2D eigenvalue weighted by molar-refractivity contribution is 0.247. The largest absolute Gasteiger partial charge is 0.493 e. The molecule has 0 saturated carbocycles. The Labute approximate surface area is 141 Å². The number of nitrogens with zero attached hydrogens (tertiary/aromatic N) is 2. The van der Waals surface area contributed by atoms with Gasteiger partial charge in [-0.25, -0.2) is 9.78 Å². The van der Waals surface area contributed by atoms with E-state index in [1.54, 1.807) is 17.4 Å². The number of carbonyl (C=O) groups is 1. The molecule has 1 aromatic heterocycles. The Morgan fingerprint density at radius 2 is 2.33 bits per heavy atom. The minimum atomic E-state index is -0.0872. The number of imidazole rings is 1. The van der Waals surface area contributed by atoms with E-state index in [9.17, 15) is 4.79 Å². The number of anilines is 1. The smallest absolute Gasteiger partial charge is 0.321 e. The fraction of sp³-hybridized carbons (Fsp3) is 0.333. The van der Waals surface area contributed by atoms with E-state index in [-0.39, 0.29) is 6.03 Å². The Balaban J connectivity index is 1.97. The molecule has 0 radical (unpaired) electrons. The summed E-state index contributed by atoms with van der Waals surface area (Å²) in [6.07, 6.45) is 6.36. The molecule has 126 valence electrons. The van der Waals surface area contributed by atoms with Crippen molar-refractivity contribution < 1.29 is 9.53 Å². The number of nitrogens with one attached hydrogen (secondary N) is 2. The number of amides is 2. The Morgan fingerprint density at radius 1 is 1.46 bits per heavy atom. The first kappa shape index (κ1) is 16.1. The molecule has 0 unspecified atom stereocenters. The molecule has 0 bridgehead atoms. The molecule has 2 aromatic rings. The van der Waals surface area contributed by atoms with Crippen LogP contribution in [-0.2, 0) is 0 Å². The van der Waals surface area contributed by atoms with Gasteiger partial charge in [-0.1, -0.05) is 0 Å². The average molecular weight is 326 g/mol. The van der Waals surface area contributed by atoms with E-state index in [1.165, 1.54) is 5.57 Å². The van der Waals surface area contributed by atoms with Gasteiger partial charge < -0.3 is 15.0 Å². The molecule has 24 heavy (non-hydrogen) atoms. The summed E-state index contributed by atoms with van der Waals surface area (Å²) < 4.78 is 5.76. The molecule has 0 aliphatic carbocycles. The number of aromatic amines is 1. The van der Waals surface area contributed by atoms with Crippen molar-refractivity contribution in [3.8, 4) is 5.75 Å². The molecule has 6 nitrogen and oxygen atoms in total. The third-order valence-electron chi connectivity index (χ3n) is 3.99. The van der Waals surface area contributed by atoms with E-state index in [0.717, 1.165) is 29.1 Å². The summed E-state index contributed by atoms with van der Waals surface area (Å²) in [5.74, 6) is 0.850. The zero-order chi connectivity index (χ0) is 16.9. The van der Waals surface area contributed by atoms with Gasteiger partial charge in [0.2, 0.25) is 0 Å². The van der Waals surface area contributed by atoms with Crippen molar-refractivity contribution in [2.24, 2.45) is 0 Å². The molecule has 1 aliphatic rings. The molecule has 1 aliphatic heterocycles. The number of urea groups is 1. The summed E-state index contributed by atoms with van der Waals surface area (Å²) in [6.45, 7) is 5.74. The minimum Gasteiger partial charge on any atom is -0.493 e. The minimum absolute atomic E-state index is 0.0872. The van der Waals surface area contributed by atoms with Crippen LogP contribution in [0.5, 0.6) is 5.75 Å². The maximum absolute atomic E-state index is 12.2. The van der Waals surface area contributed by atoms with E-state index < -0.39 is 0 Å². The quantitative estimate of drug-likeness (QED) is 0.906. The summed E-state index contributed by atoms with van der Waals surface area (Å²) in [4.78, 5) is 21.1. The summed E-state index contributed by atoms with van der Waals surface area (Å²) in [5.41, 5.74) is 4.02. The van der Waals surface area contributed by atoms with Crippen LogP contribution in [0, 0.1) is 0 Å². The first-order chi connectivity index (χ1) is 11.7. The highest BCUT2D eigenvalue weighted by Gasteiger charge is 2.19. The van der Waals surface area contributed by atoms with Crippen LogP contribution in [0.3, 0.4) is 0 Å². The normalized spacial score (nSPS) is 14.8. The van der Waals surface area contributed by atoms with Crippen molar-refractivity contribution in [3.05, 3.63) is 42.0 Å². The molecule has 3 rings (SSSR count). The van der Waals surface area contributed by atoms with Crippen LogP contribution >= 0.6 is 0 Å². The zero-order valence-electron chi connectivity index (χ0n) is 14.0. The van der Waals surface area contributed by atoms with Crippen molar-refractivity contribution in [1.82, 2.24) is 15.3 Å². The van der Waals surface area contributed by atoms with Gasteiger partial charge in [-0.3, -0.25) is 4.90 Å². The van der Waals surface area contributed by atoms with Gasteiger partial charge in [0.05, 0.1) is 24.8 Å². The van der Waals surface area contributed by atoms with Crippen LogP contribution in [-0.4, -0.2) is 35.7 Å². The Morgan fingerprint density at radius 3 is 3.04 bits per heavy atom. The Hall–Kier alpha value is -2.76. The maximum atomic E-state index is 12.2. The van der Waals surface area contributed by atoms with E-state index in [0.29, 0.717) is 19.7 Å². The SMILES string of the molecule is CCNC(=O)N(CC)c1ccc2c(c1)/C(=C\c1cnc[nH]1)CCO2. The fourth-order valence-electron chi connectivity index (χ4n) is 2.84. The molecule has 6 heteroatoms.